The van der Waals surface area contributed by atoms with Crippen molar-refractivity contribution in [2.24, 2.45) is 0 Å². The first-order chi connectivity index (χ1) is 9.68. The van der Waals surface area contributed by atoms with E-state index >= 15 is 0 Å². The Labute approximate surface area is 122 Å². The van der Waals surface area contributed by atoms with Gasteiger partial charge in [0.05, 0.1) is 11.6 Å². The Balaban J connectivity index is 1.93. The van der Waals surface area contributed by atoms with Gasteiger partial charge in [0.1, 0.15) is 5.56 Å². The highest BCUT2D eigenvalue weighted by molar-refractivity contribution is 6.32. The molecule has 1 N–H and O–H groups in total. The second kappa shape index (κ2) is 6.96. The molecule has 104 valence electrons. The average molecular weight is 291 g/mol. The number of carboxylic acids is 1. The van der Waals surface area contributed by atoms with Crippen LogP contribution >= 0.6 is 11.6 Å². The highest BCUT2D eigenvalue weighted by Gasteiger charge is 2.14. The summed E-state index contributed by atoms with van der Waals surface area (Å²) in [6.07, 6.45) is 1.68. The van der Waals surface area contributed by atoms with E-state index in [4.69, 9.17) is 21.4 Å². The van der Waals surface area contributed by atoms with E-state index in [-0.39, 0.29) is 11.3 Å². The summed E-state index contributed by atoms with van der Waals surface area (Å²) in [6, 6.07) is 14.8. The molecule has 0 aliphatic heterocycles. The van der Waals surface area contributed by atoms with E-state index in [1.807, 2.05) is 18.2 Å². The van der Waals surface area contributed by atoms with Crippen molar-refractivity contribution in [2.75, 3.05) is 6.61 Å². The topological polar surface area (TPSA) is 46.5 Å². The molecule has 2 aromatic rings. The largest absolute Gasteiger partial charge is 0.491 e. The fourth-order valence-corrected chi connectivity index (χ4v) is 2.15. The zero-order chi connectivity index (χ0) is 14.4. The summed E-state index contributed by atoms with van der Waals surface area (Å²) >= 11 is 5.98. The number of hydrogen-bond donors (Lipinski definition) is 1. The molecule has 0 atom stereocenters. The summed E-state index contributed by atoms with van der Waals surface area (Å²) in [5.41, 5.74) is 1.32. The standard InChI is InChI=1S/C16H15ClO3/c17-14-10-4-9-13(16(18)19)15(14)20-11-5-8-12-6-2-1-3-7-12/h1-4,6-7,9-10H,5,8,11H2,(H,18,19). The van der Waals surface area contributed by atoms with Crippen LogP contribution in [0.1, 0.15) is 22.3 Å². The number of hydrogen-bond acceptors (Lipinski definition) is 2. The number of aromatic carboxylic acids is 1. The number of para-hydroxylation sites is 1. The minimum Gasteiger partial charge on any atom is -0.491 e. The normalized spacial score (nSPS) is 10.2. The van der Waals surface area contributed by atoms with Gasteiger partial charge in [-0.25, -0.2) is 4.79 Å². The Kier molecular flexibility index (Phi) is 5.02. The molecule has 2 rings (SSSR count). The number of carbonyl (C=O) groups is 1. The summed E-state index contributed by atoms with van der Waals surface area (Å²) < 4.78 is 5.54. The third-order valence-corrected chi connectivity index (χ3v) is 3.19. The predicted molar refractivity (Wildman–Crippen MR) is 78.7 cm³/mol. The van der Waals surface area contributed by atoms with E-state index in [0.717, 1.165) is 12.8 Å². The lowest BCUT2D eigenvalue weighted by Crippen LogP contribution is -2.05. The lowest BCUT2D eigenvalue weighted by molar-refractivity contribution is 0.0692. The first-order valence-corrected chi connectivity index (χ1v) is 6.75. The zero-order valence-electron chi connectivity index (χ0n) is 10.9. The van der Waals surface area contributed by atoms with Crippen LogP contribution in [-0.2, 0) is 6.42 Å². The number of carboxylic acid groups (broad SMARTS) is 1. The van der Waals surface area contributed by atoms with Gasteiger partial charge in [-0.3, -0.25) is 0 Å². The molecule has 0 spiro atoms. The Morgan fingerprint density at radius 1 is 1.10 bits per heavy atom. The molecular weight excluding hydrogens is 276 g/mol. The van der Waals surface area contributed by atoms with E-state index in [1.165, 1.54) is 11.6 Å². The molecule has 0 bridgehead atoms. The van der Waals surface area contributed by atoms with Crippen LogP contribution in [0.2, 0.25) is 5.02 Å². The smallest absolute Gasteiger partial charge is 0.339 e. The fraction of sp³-hybridized carbons (Fsp3) is 0.188. The van der Waals surface area contributed by atoms with Crippen LogP contribution in [0, 0.1) is 0 Å². The SMILES string of the molecule is O=C(O)c1cccc(Cl)c1OCCCc1ccccc1. The zero-order valence-corrected chi connectivity index (χ0v) is 11.6. The molecule has 0 fully saturated rings. The maximum absolute atomic E-state index is 11.1. The van der Waals surface area contributed by atoms with Gasteiger partial charge in [0.15, 0.2) is 5.75 Å². The molecule has 0 saturated carbocycles. The maximum atomic E-state index is 11.1. The Morgan fingerprint density at radius 2 is 1.85 bits per heavy atom. The summed E-state index contributed by atoms with van der Waals surface area (Å²) in [6.45, 7) is 0.429. The number of ether oxygens (including phenoxy) is 1. The van der Waals surface area contributed by atoms with Crippen molar-refractivity contribution < 1.29 is 14.6 Å². The molecule has 0 amide bonds. The van der Waals surface area contributed by atoms with Gasteiger partial charge >= 0.3 is 5.97 Å². The van der Waals surface area contributed by atoms with Crippen LogP contribution in [0.5, 0.6) is 5.75 Å². The van der Waals surface area contributed by atoms with Crippen LogP contribution < -0.4 is 4.74 Å². The molecule has 0 aliphatic carbocycles. The number of rotatable bonds is 6. The molecule has 0 radical (unpaired) electrons. The van der Waals surface area contributed by atoms with Crippen LogP contribution in [0.25, 0.3) is 0 Å². The summed E-state index contributed by atoms with van der Waals surface area (Å²) in [5.74, 6) is -0.791. The van der Waals surface area contributed by atoms with E-state index in [0.29, 0.717) is 11.6 Å². The van der Waals surface area contributed by atoms with E-state index in [9.17, 15) is 4.79 Å². The molecule has 0 unspecified atom stereocenters. The van der Waals surface area contributed by atoms with Gasteiger partial charge in [-0.05, 0) is 30.5 Å². The Bertz CT molecular complexity index is 582. The van der Waals surface area contributed by atoms with Crippen LogP contribution in [0.3, 0.4) is 0 Å². The van der Waals surface area contributed by atoms with Crippen molar-refractivity contribution in [1.82, 2.24) is 0 Å². The Morgan fingerprint density at radius 3 is 2.55 bits per heavy atom. The third-order valence-electron chi connectivity index (χ3n) is 2.90. The molecule has 20 heavy (non-hydrogen) atoms. The van der Waals surface area contributed by atoms with Gasteiger partial charge in [-0.15, -0.1) is 0 Å². The van der Waals surface area contributed by atoms with E-state index in [2.05, 4.69) is 12.1 Å². The van der Waals surface area contributed by atoms with E-state index < -0.39 is 5.97 Å². The van der Waals surface area contributed by atoms with Gasteiger partial charge in [0.25, 0.3) is 0 Å². The first kappa shape index (κ1) is 14.4. The minimum atomic E-state index is -1.04. The molecule has 3 nitrogen and oxygen atoms in total. The van der Waals surface area contributed by atoms with Crippen LogP contribution in [0.15, 0.2) is 48.5 Å². The van der Waals surface area contributed by atoms with Crippen molar-refractivity contribution >= 4 is 17.6 Å². The molecule has 4 heteroatoms. The fourth-order valence-electron chi connectivity index (χ4n) is 1.92. The van der Waals surface area contributed by atoms with Crippen LogP contribution in [-0.4, -0.2) is 17.7 Å². The van der Waals surface area contributed by atoms with Crippen molar-refractivity contribution in [2.45, 2.75) is 12.8 Å². The van der Waals surface area contributed by atoms with E-state index in [1.54, 1.807) is 12.1 Å². The number of aryl methyl sites for hydroxylation is 1. The molecular formula is C16H15ClO3. The highest BCUT2D eigenvalue weighted by atomic mass is 35.5. The van der Waals surface area contributed by atoms with Crippen molar-refractivity contribution in [3.8, 4) is 5.75 Å². The lowest BCUT2D eigenvalue weighted by atomic mass is 10.1. The second-order valence-electron chi connectivity index (χ2n) is 4.36. The van der Waals surface area contributed by atoms with Crippen LogP contribution in [0.4, 0.5) is 0 Å². The van der Waals surface area contributed by atoms with Crippen molar-refractivity contribution in [3.63, 3.8) is 0 Å². The van der Waals surface area contributed by atoms with Crippen molar-refractivity contribution in [1.29, 1.82) is 0 Å². The summed E-state index contributed by atoms with van der Waals surface area (Å²) in [4.78, 5) is 11.1. The van der Waals surface area contributed by atoms with Gasteiger partial charge < -0.3 is 9.84 Å². The van der Waals surface area contributed by atoms with Gasteiger partial charge in [-0.2, -0.15) is 0 Å². The second-order valence-corrected chi connectivity index (χ2v) is 4.77. The van der Waals surface area contributed by atoms with Crippen molar-refractivity contribution in [3.05, 3.63) is 64.7 Å². The van der Waals surface area contributed by atoms with Gasteiger partial charge in [0, 0.05) is 0 Å². The third kappa shape index (κ3) is 3.75. The summed E-state index contributed by atoms with van der Waals surface area (Å²) in [7, 11) is 0. The number of benzene rings is 2. The average Bonchev–Trinajstić information content (AvgIpc) is 2.45. The molecule has 2 aromatic carbocycles. The quantitative estimate of drug-likeness (QED) is 0.816. The van der Waals surface area contributed by atoms with Gasteiger partial charge in [-0.1, -0.05) is 48.0 Å². The molecule has 0 heterocycles. The summed E-state index contributed by atoms with van der Waals surface area (Å²) in [5, 5.41) is 9.41. The first-order valence-electron chi connectivity index (χ1n) is 6.37. The monoisotopic (exact) mass is 290 g/mol. The molecule has 0 aromatic heterocycles. The molecule has 0 aliphatic rings. The number of halogens is 1. The predicted octanol–water partition coefficient (Wildman–Crippen LogP) is 4.05. The lowest BCUT2D eigenvalue weighted by Gasteiger charge is -2.10. The van der Waals surface area contributed by atoms with Gasteiger partial charge in [0.2, 0.25) is 0 Å². The molecule has 0 saturated heterocycles. The highest BCUT2D eigenvalue weighted by Crippen LogP contribution is 2.28. The minimum absolute atomic E-state index is 0.0946. The maximum Gasteiger partial charge on any atom is 0.339 e. The Hall–Kier alpha value is -2.00.